The second-order valence-electron chi connectivity index (χ2n) is 5.57. The number of nitrogens with one attached hydrogen (secondary N) is 1. The molecule has 1 amide bonds. The molecule has 0 radical (unpaired) electrons. The van der Waals surface area contributed by atoms with Crippen LogP contribution in [0.2, 0.25) is 0 Å². The van der Waals surface area contributed by atoms with Crippen LogP contribution in [0.4, 0.5) is 0 Å². The first-order valence-electron chi connectivity index (χ1n) is 7.07. The van der Waals surface area contributed by atoms with Crippen molar-refractivity contribution in [3.63, 3.8) is 0 Å². The molecule has 1 aromatic rings. The number of aryl methyl sites for hydroxylation is 1. The van der Waals surface area contributed by atoms with Crippen LogP contribution in [0.3, 0.4) is 0 Å². The van der Waals surface area contributed by atoms with Gasteiger partial charge in [0.2, 0.25) is 5.91 Å². The van der Waals surface area contributed by atoms with E-state index in [1.54, 1.807) is 0 Å². The van der Waals surface area contributed by atoms with Gasteiger partial charge in [0, 0.05) is 12.4 Å². The summed E-state index contributed by atoms with van der Waals surface area (Å²) in [6, 6.07) is 8.13. The van der Waals surface area contributed by atoms with E-state index >= 15 is 0 Å². The largest absolute Gasteiger partial charge is 0.356 e. The standard InChI is InChI=1S/C16H22ClNO/c1-12-5-7-13(8-6-12)9-16(19)18-11-15-4-2-3-14(15)10-17/h5-8,14-15H,2-4,9-11H2,1H3,(H,18,19). The molecule has 2 nitrogen and oxygen atoms in total. The van der Waals surface area contributed by atoms with Crippen molar-refractivity contribution in [1.29, 1.82) is 0 Å². The molecule has 1 saturated carbocycles. The van der Waals surface area contributed by atoms with Gasteiger partial charge >= 0.3 is 0 Å². The van der Waals surface area contributed by atoms with E-state index in [1.165, 1.54) is 24.8 Å². The molecule has 2 unspecified atom stereocenters. The van der Waals surface area contributed by atoms with Gasteiger partial charge in [-0.25, -0.2) is 0 Å². The number of amides is 1. The van der Waals surface area contributed by atoms with Crippen LogP contribution < -0.4 is 5.32 Å². The molecule has 1 aliphatic rings. The normalized spacial score (nSPS) is 22.4. The fourth-order valence-corrected chi connectivity index (χ4v) is 3.19. The summed E-state index contributed by atoms with van der Waals surface area (Å²) in [5, 5.41) is 3.05. The van der Waals surface area contributed by atoms with E-state index < -0.39 is 0 Å². The van der Waals surface area contributed by atoms with Crippen LogP contribution in [0.1, 0.15) is 30.4 Å². The number of carbonyl (C=O) groups excluding carboxylic acids is 1. The van der Waals surface area contributed by atoms with Gasteiger partial charge in [0.05, 0.1) is 6.42 Å². The lowest BCUT2D eigenvalue weighted by molar-refractivity contribution is -0.120. The van der Waals surface area contributed by atoms with Gasteiger partial charge in [-0.1, -0.05) is 36.2 Å². The lowest BCUT2D eigenvalue weighted by atomic mass is 9.98. The summed E-state index contributed by atoms with van der Waals surface area (Å²) in [6.07, 6.45) is 4.12. The Balaban J connectivity index is 1.77. The van der Waals surface area contributed by atoms with Crippen molar-refractivity contribution in [3.05, 3.63) is 35.4 Å². The monoisotopic (exact) mass is 279 g/mol. The molecule has 0 spiro atoms. The van der Waals surface area contributed by atoms with Crippen molar-refractivity contribution in [2.45, 2.75) is 32.6 Å². The fourth-order valence-electron chi connectivity index (χ4n) is 2.78. The van der Waals surface area contributed by atoms with Crippen LogP contribution in [0, 0.1) is 18.8 Å². The molecule has 1 aromatic carbocycles. The number of halogens is 1. The lowest BCUT2D eigenvalue weighted by Crippen LogP contribution is -2.32. The van der Waals surface area contributed by atoms with Crippen LogP contribution in [-0.2, 0) is 11.2 Å². The molecule has 0 saturated heterocycles. The Morgan fingerprint density at radius 1 is 1.26 bits per heavy atom. The Morgan fingerprint density at radius 2 is 1.95 bits per heavy atom. The summed E-state index contributed by atoms with van der Waals surface area (Å²) in [7, 11) is 0. The number of hydrogen-bond acceptors (Lipinski definition) is 1. The molecule has 1 fully saturated rings. The van der Waals surface area contributed by atoms with Crippen molar-refractivity contribution < 1.29 is 4.79 Å². The first-order valence-corrected chi connectivity index (χ1v) is 7.60. The summed E-state index contributed by atoms with van der Waals surface area (Å²) in [5.41, 5.74) is 2.29. The van der Waals surface area contributed by atoms with E-state index in [2.05, 4.69) is 12.2 Å². The van der Waals surface area contributed by atoms with E-state index in [0.29, 0.717) is 18.3 Å². The van der Waals surface area contributed by atoms with Crippen molar-refractivity contribution >= 4 is 17.5 Å². The van der Waals surface area contributed by atoms with Crippen LogP contribution in [-0.4, -0.2) is 18.3 Å². The highest BCUT2D eigenvalue weighted by atomic mass is 35.5. The zero-order valence-electron chi connectivity index (χ0n) is 11.5. The highest BCUT2D eigenvalue weighted by Crippen LogP contribution is 2.31. The number of carbonyl (C=O) groups is 1. The van der Waals surface area contributed by atoms with Crippen LogP contribution >= 0.6 is 11.6 Å². The number of alkyl halides is 1. The Kier molecular flexibility index (Phi) is 5.26. The Labute approximate surface area is 120 Å². The molecule has 0 bridgehead atoms. The minimum atomic E-state index is 0.115. The predicted molar refractivity (Wildman–Crippen MR) is 79.4 cm³/mol. The van der Waals surface area contributed by atoms with E-state index in [4.69, 9.17) is 11.6 Å². The molecule has 1 aliphatic carbocycles. The van der Waals surface area contributed by atoms with Gasteiger partial charge in [-0.3, -0.25) is 4.79 Å². The van der Waals surface area contributed by atoms with Crippen molar-refractivity contribution in [2.24, 2.45) is 11.8 Å². The van der Waals surface area contributed by atoms with Gasteiger partial charge in [0.25, 0.3) is 0 Å². The summed E-state index contributed by atoms with van der Waals surface area (Å²) in [4.78, 5) is 11.9. The molecule has 1 N–H and O–H groups in total. The average Bonchev–Trinajstić information content (AvgIpc) is 2.86. The molecule has 0 heterocycles. The van der Waals surface area contributed by atoms with Crippen LogP contribution in [0.25, 0.3) is 0 Å². The van der Waals surface area contributed by atoms with Crippen molar-refractivity contribution in [1.82, 2.24) is 5.32 Å². The van der Waals surface area contributed by atoms with Gasteiger partial charge in [-0.2, -0.15) is 0 Å². The molecular formula is C16H22ClNO. The van der Waals surface area contributed by atoms with Crippen LogP contribution in [0.5, 0.6) is 0 Å². The summed E-state index contributed by atoms with van der Waals surface area (Å²) >= 11 is 5.95. The van der Waals surface area contributed by atoms with Gasteiger partial charge in [-0.15, -0.1) is 11.6 Å². The number of benzene rings is 1. The highest BCUT2D eigenvalue weighted by molar-refractivity contribution is 6.18. The minimum absolute atomic E-state index is 0.115. The summed E-state index contributed by atoms with van der Waals surface area (Å²) < 4.78 is 0. The molecule has 3 heteroatoms. The molecule has 104 valence electrons. The first kappa shape index (κ1) is 14.4. The Morgan fingerprint density at radius 3 is 2.63 bits per heavy atom. The predicted octanol–water partition coefficient (Wildman–Crippen LogP) is 3.31. The zero-order chi connectivity index (χ0) is 13.7. The highest BCUT2D eigenvalue weighted by Gasteiger charge is 2.26. The summed E-state index contributed by atoms with van der Waals surface area (Å²) in [6.45, 7) is 2.83. The molecule has 2 rings (SSSR count). The molecule has 0 aromatic heterocycles. The van der Waals surface area contributed by atoms with E-state index in [1.807, 2.05) is 24.3 Å². The van der Waals surface area contributed by atoms with Crippen molar-refractivity contribution in [3.8, 4) is 0 Å². The first-order chi connectivity index (χ1) is 9.19. The molecule has 2 atom stereocenters. The van der Waals surface area contributed by atoms with E-state index in [9.17, 15) is 4.79 Å². The maximum Gasteiger partial charge on any atom is 0.224 e. The second kappa shape index (κ2) is 6.95. The minimum Gasteiger partial charge on any atom is -0.356 e. The SMILES string of the molecule is Cc1ccc(CC(=O)NCC2CCCC2CCl)cc1. The third kappa shape index (κ3) is 4.24. The lowest BCUT2D eigenvalue weighted by Gasteiger charge is -2.17. The topological polar surface area (TPSA) is 29.1 Å². The smallest absolute Gasteiger partial charge is 0.224 e. The third-order valence-electron chi connectivity index (χ3n) is 4.06. The summed E-state index contributed by atoms with van der Waals surface area (Å²) in [5.74, 6) is 1.99. The quantitative estimate of drug-likeness (QED) is 0.823. The van der Waals surface area contributed by atoms with Gasteiger partial charge in [0.1, 0.15) is 0 Å². The number of hydrogen-bond donors (Lipinski definition) is 1. The van der Waals surface area contributed by atoms with Crippen molar-refractivity contribution in [2.75, 3.05) is 12.4 Å². The average molecular weight is 280 g/mol. The van der Waals surface area contributed by atoms with E-state index in [-0.39, 0.29) is 5.91 Å². The third-order valence-corrected chi connectivity index (χ3v) is 4.46. The second-order valence-corrected chi connectivity index (χ2v) is 5.88. The van der Waals surface area contributed by atoms with Gasteiger partial charge in [0.15, 0.2) is 0 Å². The Hall–Kier alpha value is -1.02. The molecule has 19 heavy (non-hydrogen) atoms. The number of rotatable bonds is 5. The molecular weight excluding hydrogens is 258 g/mol. The molecule has 0 aliphatic heterocycles. The maximum atomic E-state index is 11.9. The zero-order valence-corrected chi connectivity index (χ0v) is 12.2. The van der Waals surface area contributed by atoms with Crippen LogP contribution in [0.15, 0.2) is 24.3 Å². The van der Waals surface area contributed by atoms with Gasteiger partial charge < -0.3 is 5.32 Å². The fraction of sp³-hybridized carbons (Fsp3) is 0.562. The Bertz CT molecular complexity index is 415. The van der Waals surface area contributed by atoms with Gasteiger partial charge in [-0.05, 0) is 37.2 Å². The van der Waals surface area contributed by atoms with E-state index in [0.717, 1.165) is 18.0 Å². The maximum absolute atomic E-state index is 11.9.